The number of amides is 2. The number of hydrogen-bond donors (Lipinski definition) is 2. The van der Waals surface area contributed by atoms with Gasteiger partial charge in [-0.05, 0) is 31.5 Å². The van der Waals surface area contributed by atoms with Crippen molar-refractivity contribution in [3.05, 3.63) is 33.8 Å². The summed E-state index contributed by atoms with van der Waals surface area (Å²) >= 11 is 11.6. The van der Waals surface area contributed by atoms with Crippen molar-refractivity contribution in [1.82, 2.24) is 10.6 Å². The smallest absolute Gasteiger partial charge is 0.315 e. The highest BCUT2D eigenvalue weighted by Crippen LogP contribution is 2.22. The van der Waals surface area contributed by atoms with E-state index in [1.165, 1.54) is 0 Å². The van der Waals surface area contributed by atoms with Gasteiger partial charge in [0, 0.05) is 12.6 Å². The lowest BCUT2D eigenvalue weighted by molar-refractivity contribution is 0.238. The van der Waals surface area contributed by atoms with Gasteiger partial charge < -0.3 is 10.6 Å². The number of carbonyl (C=O) groups excluding carboxylic acids is 1. The van der Waals surface area contributed by atoms with E-state index in [1.54, 1.807) is 12.1 Å². The van der Waals surface area contributed by atoms with Crippen LogP contribution in [0.4, 0.5) is 4.79 Å². The zero-order chi connectivity index (χ0) is 12.1. The van der Waals surface area contributed by atoms with E-state index in [0.717, 1.165) is 5.56 Å². The minimum atomic E-state index is -0.193. The third-order valence-corrected chi connectivity index (χ3v) is 2.60. The maximum atomic E-state index is 11.3. The Kier molecular flexibility index (Phi) is 4.90. The Morgan fingerprint density at radius 1 is 1.31 bits per heavy atom. The summed E-state index contributed by atoms with van der Waals surface area (Å²) in [5, 5.41) is 6.46. The second-order valence-electron chi connectivity index (χ2n) is 3.73. The molecule has 0 heterocycles. The fourth-order valence-corrected chi connectivity index (χ4v) is 1.47. The van der Waals surface area contributed by atoms with Crippen molar-refractivity contribution in [1.29, 1.82) is 0 Å². The minimum Gasteiger partial charge on any atom is -0.336 e. The highest BCUT2D eigenvalue weighted by atomic mass is 35.5. The summed E-state index contributed by atoms with van der Waals surface area (Å²) < 4.78 is 0. The molecule has 0 aromatic heterocycles. The maximum Gasteiger partial charge on any atom is 0.315 e. The van der Waals surface area contributed by atoms with Crippen molar-refractivity contribution in [2.45, 2.75) is 26.4 Å². The molecular formula is C11H14Cl2N2O. The van der Waals surface area contributed by atoms with E-state index < -0.39 is 0 Å². The van der Waals surface area contributed by atoms with Crippen LogP contribution in [0, 0.1) is 0 Å². The molecule has 0 aliphatic heterocycles. The normalized spacial score (nSPS) is 10.3. The third-order valence-electron chi connectivity index (χ3n) is 1.86. The van der Waals surface area contributed by atoms with Crippen molar-refractivity contribution >= 4 is 29.2 Å². The van der Waals surface area contributed by atoms with E-state index in [4.69, 9.17) is 23.2 Å². The lowest BCUT2D eigenvalue weighted by Gasteiger charge is -2.10. The van der Waals surface area contributed by atoms with Crippen molar-refractivity contribution < 1.29 is 4.79 Å². The van der Waals surface area contributed by atoms with Crippen molar-refractivity contribution in [2.75, 3.05) is 0 Å². The fourth-order valence-electron chi connectivity index (χ4n) is 1.15. The van der Waals surface area contributed by atoms with Crippen LogP contribution in [-0.2, 0) is 6.54 Å². The summed E-state index contributed by atoms with van der Waals surface area (Å²) in [6.45, 7) is 4.23. The second-order valence-corrected chi connectivity index (χ2v) is 4.54. The van der Waals surface area contributed by atoms with Gasteiger partial charge in [-0.1, -0.05) is 29.3 Å². The Hall–Kier alpha value is -0.930. The Morgan fingerprint density at radius 2 is 2.00 bits per heavy atom. The predicted molar refractivity (Wildman–Crippen MR) is 67.0 cm³/mol. The average Bonchev–Trinajstić information content (AvgIpc) is 2.19. The maximum absolute atomic E-state index is 11.3. The van der Waals surface area contributed by atoms with Crippen LogP contribution in [0.15, 0.2) is 18.2 Å². The van der Waals surface area contributed by atoms with Gasteiger partial charge in [0.2, 0.25) is 0 Å². The highest BCUT2D eigenvalue weighted by Gasteiger charge is 2.03. The van der Waals surface area contributed by atoms with E-state index in [1.807, 2.05) is 19.9 Å². The number of halogens is 2. The van der Waals surface area contributed by atoms with Gasteiger partial charge in [-0.2, -0.15) is 0 Å². The SMILES string of the molecule is CC(C)NC(=O)NCc1ccc(Cl)c(Cl)c1. The Morgan fingerprint density at radius 3 is 2.56 bits per heavy atom. The number of nitrogens with one attached hydrogen (secondary N) is 2. The summed E-state index contributed by atoms with van der Waals surface area (Å²) in [5.74, 6) is 0. The van der Waals surface area contributed by atoms with E-state index in [9.17, 15) is 4.79 Å². The number of urea groups is 1. The van der Waals surface area contributed by atoms with Crippen LogP contribution in [0.2, 0.25) is 10.0 Å². The predicted octanol–water partition coefficient (Wildman–Crippen LogP) is 3.20. The van der Waals surface area contributed by atoms with Crippen LogP contribution in [0.25, 0.3) is 0 Å². The molecule has 1 aromatic carbocycles. The fraction of sp³-hybridized carbons (Fsp3) is 0.364. The summed E-state index contributed by atoms with van der Waals surface area (Å²) in [5.41, 5.74) is 0.910. The van der Waals surface area contributed by atoms with Crippen LogP contribution in [0.1, 0.15) is 19.4 Å². The van der Waals surface area contributed by atoms with Gasteiger partial charge in [-0.15, -0.1) is 0 Å². The van der Waals surface area contributed by atoms with Gasteiger partial charge in [0.25, 0.3) is 0 Å². The molecule has 16 heavy (non-hydrogen) atoms. The van der Waals surface area contributed by atoms with Crippen molar-refractivity contribution in [3.8, 4) is 0 Å². The topological polar surface area (TPSA) is 41.1 Å². The van der Waals surface area contributed by atoms with Crippen molar-refractivity contribution in [2.24, 2.45) is 0 Å². The molecule has 0 saturated heterocycles. The van der Waals surface area contributed by atoms with E-state index in [-0.39, 0.29) is 12.1 Å². The average molecular weight is 261 g/mol. The molecule has 0 radical (unpaired) electrons. The van der Waals surface area contributed by atoms with Crippen LogP contribution in [0.3, 0.4) is 0 Å². The van der Waals surface area contributed by atoms with Crippen LogP contribution in [0.5, 0.6) is 0 Å². The monoisotopic (exact) mass is 260 g/mol. The molecule has 0 bridgehead atoms. The van der Waals surface area contributed by atoms with Gasteiger partial charge in [-0.3, -0.25) is 0 Å². The molecule has 0 aliphatic carbocycles. The first-order chi connectivity index (χ1) is 7.49. The first-order valence-corrected chi connectivity index (χ1v) is 5.73. The molecule has 2 N–H and O–H groups in total. The molecule has 3 nitrogen and oxygen atoms in total. The summed E-state index contributed by atoms with van der Waals surface area (Å²) in [6.07, 6.45) is 0. The Balaban J connectivity index is 2.48. The second kappa shape index (κ2) is 5.97. The standard InChI is InChI=1S/C11H14Cl2N2O/c1-7(2)15-11(16)14-6-8-3-4-9(12)10(13)5-8/h3-5,7H,6H2,1-2H3,(H2,14,15,16). The molecule has 5 heteroatoms. The van der Waals surface area contributed by atoms with E-state index in [0.29, 0.717) is 16.6 Å². The Bertz CT molecular complexity index is 380. The first-order valence-electron chi connectivity index (χ1n) is 4.97. The van der Waals surface area contributed by atoms with Gasteiger partial charge in [-0.25, -0.2) is 4.79 Å². The van der Waals surface area contributed by atoms with Crippen molar-refractivity contribution in [3.63, 3.8) is 0 Å². The summed E-state index contributed by atoms with van der Waals surface area (Å²) in [6, 6.07) is 5.19. The molecule has 0 spiro atoms. The Labute approximate surface area is 105 Å². The zero-order valence-corrected chi connectivity index (χ0v) is 10.7. The van der Waals surface area contributed by atoms with Crippen LogP contribution >= 0.6 is 23.2 Å². The number of hydrogen-bond acceptors (Lipinski definition) is 1. The van der Waals surface area contributed by atoms with Gasteiger partial charge in [0.05, 0.1) is 10.0 Å². The highest BCUT2D eigenvalue weighted by molar-refractivity contribution is 6.42. The van der Waals surface area contributed by atoms with E-state index >= 15 is 0 Å². The molecule has 0 unspecified atom stereocenters. The van der Waals surface area contributed by atoms with Crippen LogP contribution < -0.4 is 10.6 Å². The molecule has 0 saturated carbocycles. The third kappa shape index (κ3) is 4.29. The molecule has 1 rings (SSSR count). The molecule has 88 valence electrons. The van der Waals surface area contributed by atoms with Gasteiger partial charge in [0.15, 0.2) is 0 Å². The molecule has 2 amide bonds. The number of benzene rings is 1. The van der Waals surface area contributed by atoms with E-state index in [2.05, 4.69) is 10.6 Å². The summed E-state index contributed by atoms with van der Waals surface area (Å²) in [4.78, 5) is 11.3. The largest absolute Gasteiger partial charge is 0.336 e. The zero-order valence-electron chi connectivity index (χ0n) is 9.18. The minimum absolute atomic E-state index is 0.119. The molecule has 0 atom stereocenters. The van der Waals surface area contributed by atoms with Gasteiger partial charge >= 0.3 is 6.03 Å². The quantitative estimate of drug-likeness (QED) is 0.861. The van der Waals surface area contributed by atoms with Gasteiger partial charge in [0.1, 0.15) is 0 Å². The number of carbonyl (C=O) groups is 1. The summed E-state index contributed by atoms with van der Waals surface area (Å²) in [7, 11) is 0. The lowest BCUT2D eigenvalue weighted by atomic mass is 10.2. The lowest BCUT2D eigenvalue weighted by Crippen LogP contribution is -2.39. The molecule has 0 aliphatic rings. The molecule has 0 fully saturated rings. The number of rotatable bonds is 3. The molecular weight excluding hydrogens is 247 g/mol. The molecule has 1 aromatic rings. The first kappa shape index (κ1) is 13.1. The van der Waals surface area contributed by atoms with Crippen LogP contribution in [-0.4, -0.2) is 12.1 Å².